The molecule has 0 fully saturated rings. The minimum Gasteiger partial charge on any atom is -0.495 e. The van der Waals surface area contributed by atoms with Gasteiger partial charge in [0.1, 0.15) is 11.5 Å². The third kappa shape index (κ3) is 3.82. The number of rotatable bonds is 6. The Bertz CT molecular complexity index is 648. The van der Waals surface area contributed by atoms with Crippen molar-refractivity contribution in [2.75, 3.05) is 18.7 Å². The smallest absolute Gasteiger partial charge is 0.224 e. The Balaban J connectivity index is 2.00. The average Bonchev–Trinajstić information content (AvgIpc) is 2.84. The Labute approximate surface area is 134 Å². The van der Waals surface area contributed by atoms with Crippen molar-refractivity contribution in [3.8, 4) is 5.75 Å². The molecule has 0 aliphatic carbocycles. The van der Waals surface area contributed by atoms with Crippen LogP contribution in [0.2, 0.25) is 0 Å². The summed E-state index contributed by atoms with van der Waals surface area (Å²) in [5.74, 6) is 1.37. The molecule has 0 atom stereocenters. The van der Waals surface area contributed by atoms with E-state index in [9.17, 15) is 4.79 Å². The maximum Gasteiger partial charge on any atom is 0.224 e. The zero-order valence-corrected chi connectivity index (χ0v) is 14.0. The molecule has 1 N–H and O–H groups in total. The number of thioether (sulfide) groups is 1. The Morgan fingerprint density at radius 1 is 1.41 bits per heavy atom. The predicted molar refractivity (Wildman–Crippen MR) is 87.7 cm³/mol. The third-order valence-corrected chi connectivity index (χ3v) is 4.19. The largest absolute Gasteiger partial charge is 0.495 e. The van der Waals surface area contributed by atoms with Crippen molar-refractivity contribution in [2.45, 2.75) is 31.6 Å². The number of amides is 1. The topological polar surface area (TPSA) is 64.4 Å². The lowest BCUT2D eigenvalue weighted by Crippen LogP contribution is -2.13. The number of hydrogen-bond donors (Lipinski definition) is 1. The predicted octanol–water partition coefficient (Wildman–Crippen LogP) is 3.59. The Kier molecular flexibility index (Phi) is 5.49. The van der Waals surface area contributed by atoms with Crippen LogP contribution in [0.15, 0.2) is 27.6 Å². The van der Waals surface area contributed by atoms with E-state index in [-0.39, 0.29) is 5.91 Å². The molecule has 5 nitrogen and oxygen atoms in total. The van der Waals surface area contributed by atoms with E-state index in [2.05, 4.69) is 10.5 Å². The van der Waals surface area contributed by atoms with Crippen LogP contribution in [0.1, 0.15) is 23.4 Å². The number of carbonyl (C=O) groups excluding carboxylic acids is 1. The fraction of sp³-hybridized carbons (Fsp3) is 0.375. The lowest BCUT2D eigenvalue weighted by atomic mass is 10.1. The molecule has 22 heavy (non-hydrogen) atoms. The summed E-state index contributed by atoms with van der Waals surface area (Å²) in [7, 11) is 1.60. The highest BCUT2D eigenvalue weighted by Crippen LogP contribution is 2.29. The minimum atomic E-state index is -0.0600. The fourth-order valence-electron chi connectivity index (χ4n) is 2.21. The van der Waals surface area contributed by atoms with Crippen molar-refractivity contribution in [3.05, 3.63) is 35.2 Å². The van der Waals surface area contributed by atoms with Gasteiger partial charge in [-0.2, -0.15) is 0 Å². The van der Waals surface area contributed by atoms with Gasteiger partial charge in [-0.3, -0.25) is 4.79 Å². The number of nitrogens with zero attached hydrogens (tertiary/aromatic N) is 1. The number of ether oxygens (including phenoxy) is 1. The number of anilines is 1. The SMILES string of the molecule is COc1cc(SC)ccc1NC(=O)CCc1c(C)noc1C. The van der Waals surface area contributed by atoms with Crippen molar-refractivity contribution in [2.24, 2.45) is 0 Å². The van der Waals surface area contributed by atoms with Gasteiger partial charge in [0.25, 0.3) is 0 Å². The third-order valence-electron chi connectivity index (χ3n) is 3.47. The van der Waals surface area contributed by atoms with E-state index in [0.29, 0.717) is 24.3 Å². The second-order valence-electron chi connectivity index (χ2n) is 4.92. The molecule has 2 aromatic rings. The highest BCUT2D eigenvalue weighted by atomic mass is 32.2. The number of aryl methyl sites for hydroxylation is 2. The van der Waals surface area contributed by atoms with Crippen molar-refractivity contribution in [1.29, 1.82) is 0 Å². The number of nitrogens with one attached hydrogen (secondary N) is 1. The molecule has 0 aliphatic rings. The normalized spacial score (nSPS) is 10.5. The van der Waals surface area contributed by atoms with Crippen LogP contribution < -0.4 is 10.1 Å². The van der Waals surface area contributed by atoms with E-state index in [1.165, 1.54) is 0 Å². The first-order valence-electron chi connectivity index (χ1n) is 6.98. The van der Waals surface area contributed by atoms with Gasteiger partial charge in [0, 0.05) is 16.9 Å². The van der Waals surface area contributed by atoms with Crippen LogP contribution in [0, 0.1) is 13.8 Å². The first-order valence-corrected chi connectivity index (χ1v) is 8.21. The van der Waals surface area contributed by atoms with Gasteiger partial charge in [-0.05, 0) is 44.7 Å². The number of hydrogen-bond acceptors (Lipinski definition) is 5. The maximum atomic E-state index is 12.1. The molecule has 2 rings (SSSR count). The summed E-state index contributed by atoms with van der Waals surface area (Å²) in [5, 5.41) is 6.79. The summed E-state index contributed by atoms with van der Waals surface area (Å²) in [4.78, 5) is 13.2. The van der Waals surface area contributed by atoms with Gasteiger partial charge in [-0.1, -0.05) is 5.16 Å². The van der Waals surface area contributed by atoms with Crippen LogP contribution in [0.5, 0.6) is 5.75 Å². The van der Waals surface area contributed by atoms with E-state index in [1.807, 2.05) is 38.3 Å². The monoisotopic (exact) mass is 320 g/mol. The molecular formula is C16H20N2O3S. The Morgan fingerprint density at radius 2 is 2.18 bits per heavy atom. The molecule has 0 saturated heterocycles. The summed E-state index contributed by atoms with van der Waals surface area (Å²) in [6, 6.07) is 5.73. The molecule has 0 spiro atoms. The van der Waals surface area contributed by atoms with E-state index in [4.69, 9.17) is 9.26 Å². The van der Waals surface area contributed by atoms with Gasteiger partial charge in [-0.15, -0.1) is 11.8 Å². The van der Waals surface area contributed by atoms with Gasteiger partial charge in [0.2, 0.25) is 5.91 Å². The number of aromatic nitrogens is 1. The summed E-state index contributed by atoms with van der Waals surface area (Å²) < 4.78 is 10.4. The highest BCUT2D eigenvalue weighted by Gasteiger charge is 2.13. The zero-order chi connectivity index (χ0) is 16.1. The zero-order valence-electron chi connectivity index (χ0n) is 13.2. The summed E-state index contributed by atoms with van der Waals surface area (Å²) >= 11 is 1.63. The molecule has 118 valence electrons. The van der Waals surface area contributed by atoms with Crippen LogP contribution in [0.4, 0.5) is 5.69 Å². The van der Waals surface area contributed by atoms with Crippen LogP contribution in [0.3, 0.4) is 0 Å². The maximum absolute atomic E-state index is 12.1. The number of methoxy groups -OCH3 is 1. The fourth-order valence-corrected chi connectivity index (χ4v) is 2.64. The van der Waals surface area contributed by atoms with Crippen molar-refractivity contribution in [3.63, 3.8) is 0 Å². The van der Waals surface area contributed by atoms with E-state index in [0.717, 1.165) is 21.9 Å². The Hall–Kier alpha value is -1.95. The van der Waals surface area contributed by atoms with Crippen molar-refractivity contribution in [1.82, 2.24) is 5.16 Å². The lowest BCUT2D eigenvalue weighted by Gasteiger charge is -2.11. The second kappa shape index (κ2) is 7.35. The molecule has 0 bridgehead atoms. The molecule has 0 saturated carbocycles. The molecule has 6 heteroatoms. The summed E-state index contributed by atoms with van der Waals surface area (Å²) in [6.07, 6.45) is 2.98. The van der Waals surface area contributed by atoms with E-state index in [1.54, 1.807) is 18.9 Å². The standard InChI is InChI=1S/C16H20N2O3S/c1-10-13(11(2)21-18-10)6-8-16(19)17-14-7-5-12(22-4)9-15(14)20-3/h5,7,9H,6,8H2,1-4H3,(H,17,19). The quantitative estimate of drug-likeness (QED) is 0.824. The second-order valence-corrected chi connectivity index (χ2v) is 5.80. The minimum absolute atomic E-state index is 0.0600. The summed E-state index contributed by atoms with van der Waals surface area (Å²) in [6.45, 7) is 3.74. The lowest BCUT2D eigenvalue weighted by molar-refractivity contribution is -0.116. The number of benzene rings is 1. The first kappa shape index (κ1) is 16.4. The van der Waals surface area contributed by atoms with Crippen molar-refractivity contribution < 1.29 is 14.1 Å². The molecule has 1 amide bonds. The molecule has 1 aromatic carbocycles. The summed E-state index contributed by atoms with van der Waals surface area (Å²) in [5.41, 5.74) is 2.52. The Morgan fingerprint density at radius 3 is 2.77 bits per heavy atom. The van der Waals surface area contributed by atoms with Crippen LogP contribution >= 0.6 is 11.8 Å². The number of carbonyl (C=O) groups is 1. The van der Waals surface area contributed by atoms with Crippen LogP contribution in [0.25, 0.3) is 0 Å². The molecular weight excluding hydrogens is 300 g/mol. The van der Waals surface area contributed by atoms with Gasteiger partial charge in [-0.25, -0.2) is 0 Å². The van der Waals surface area contributed by atoms with Gasteiger partial charge in [0.15, 0.2) is 0 Å². The van der Waals surface area contributed by atoms with Gasteiger partial charge in [0.05, 0.1) is 18.5 Å². The van der Waals surface area contributed by atoms with E-state index < -0.39 is 0 Å². The first-order chi connectivity index (χ1) is 10.5. The molecule has 1 heterocycles. The van der Waals surface area contributed by atoms with Gasteiger partial charge < -0.3 is 14.6 Å². The van der Waals surface area contributed by atoms with Crippen molar-refractivity contribution >= 4 is 23.4 Å². The van der Waals surface area contributed by atoms with Crippen LogP contribution in [-0.2, 0) is 11.2 Å². The average molecular weight is 320 g/mol. The highest BCUT2D eigenvalue weighted by molar-refractivity contribution is 7.98. The van der Waals surface area contributed by atoms with Gasteiger partial charge >= 0.3 is 0 Å². The molecule has 0 unspecified atom stereocenters. The van der Waals surface area contributed by atoms with E-state index >= 15 is 0 Å². The molecule has 1 aromatic heterocycles. The van der Waals surface area contributed by atoms with Crippen LogP contribution in [-0.4, -0.2) is 24.4 Å². The molecule has 0 radical (unpaired) electrons. The molecule has 0 aliphatic heterocycles.